The van der Waals surface area contributed by atoms with Gasteiger partial charge < -0.3 is 9.47 Å². The molecule has 2 aliphatic rings. The summed E-state index contributed by atoms with van der Waals surface area (Å²) in [6, 6.07) is 8.67. The number of fused-ring (bicyclic) bond motifs is 2. The Hall–Kier alpha value is -2.60. The van der Waals surface area contributed by atoms with Gasteiger partial charge in [-0.1, -0.05) is 6.07 Å². The Bertz CT molecular complexity index is 874. The van der Waals surface area contributed by atoms with Crippen molar-refractivity contribution < 1.29 is 9.47 Å². The first-order valence-corrected chi connectivity index (χ1v) is 8.79. The summed E-state index contributed by atoms with van der Waals surface area (Å²) < 4.78 is 13.4. The molecule has 2 aliphatic heterocycles. The molecule has 128 valence electrons. The molecule has 4 heterocycles. The lowest BCUT2D eigenvalue weighted by atomic mass is 10.0. The highest BCUT2D eigenvalue weighted by molar-refractivity contribution is 5.45. The van der Waals surface area contributed by atoms with Gasteiger partial charge >= 0.3 is 0 Å². The van der Waals surface area contributed by atoms with Gasteiger partial charge in [-0.25, -0.2) is 9.97 Å². The van der Waals surface area contributed by atoms with Crippen molar-refractivity contribution in [1.29, 1.82) is 0 Å². The third-order valence-corrected chi connectivity index (χ3v) is 4.97. The SMILES string of the molecule is c1cnc2nc(CN3CCC[C@@H]3c3ccc4c(c3)OCCO4)cn2c1. The summed E-state index contributed by atoms with van der Waals surface area (Å²) in [6.07, 6.45) is 8.19. The van der Waals surface area contributed by atoms with E-state index < -0.39 is 0 Å². The summed E-state index contributed by atoms with van der Waals surface area (Å²) in [7, 11) is 0. The van der Waals surface area contributed by atoms with E-state index in [9.17, 15) is 0 Å². The summed E-state index contributed by atoms with van der Waals surface area (Å²) in [6.45, 7) is 3.17. The van der Waals surface area contributed by atoms with E-state index in [4.69, 9.17) is 9.47 Å². The molecule has 0 aliphatic carbocycles. The molecule has 0 bridgehead atoms. The minimum Gasteiger partial charge on any atom is -0.486 e. The minimum atomic E-state index is 0.397. The average molecular weight is 336 g/mol. The van der Waals surface area contributed by atoms with Crippen molar-refractivity contribution >= 4 is 5.78 Å². The average Bonchev–Trinajstić information content (AvgIpc) is 3.27. The van der Waals surface area contributed by atoms with Crippen LogP contribution in [-0.4, -0.2) is 39.0 Å². The standard InChI is InChI=1S/C19H20N4O2/c1-3-16(14-4-5-17-18(11-14)25-10-9-24-17)22(7-1)12-15-13-23-8-2-6-20-19(23)21-15/h2,4-6,8,11,13,16H,1,3,7,9-10,12H2/t16-/m1/s1. The number of rotatable bonds is 3. The minimum absolute atomic E-state index is 0.397. The highest BCUT2D eigenvalue weighted by atomic mass is 16.6. The lowest BCUT2D eigenvalue weighted by Crippen LogP contribution is -2.23. The van der Waals surface area contributed by atoms with E-state index in [1.165, 1.54) is 12.0 Å². The van der Waals surface area contributed by atoms with E-state index in [0.29, 0.717) is 19.3 Å². The van der Waals surface area contributed by atoms with Gasteiger partial charge in [0.15, 0.2) is 11.5 Å². The van der Waals surface area contributed by atoms with Crippen LogP contribution in [0, 0.1) is 0 Å². The zero-order valence-corrected chi connectivity index (χ0v) is 14.0. The maximum atomic E-state index is 5.75. The normalized spacial score (nSPS) is 20.2. The number of benzene rings is 1. The molecule has 5 rings (SSSR count). The molecule has 6 heteroatoms. The third kappa shape index (κ3) is 2.72. The van der Waals surface area contributed by atoms with Crippen LogP contribution in [0.4, 0.5) is 0 Å². The van der Waals surface area contributed by atoms with Gasteiger partial charge in [0.05, 0.1) is 5.69 Å². The molecule has 1 aromatic carbocycles. The Morgan fingerprint density at radius 3 is 3.00 bits per heavy atom. The van der Waals surface area contributed by atoms with Gasteiger partial charge in [0.2, 0.25) is 5.78 Å². The highest BCUT2D eigenvalue weighted by Gasteiger charge is 2.28. The molecule has 0 unspecified atom stereocenters. The van der Waals surface area contributed by atoms with Gasteiger partial charge in [0, 0.05) is 31.2 Å². The first-order chi connectivity index (χ1) is 12.4. The molecule has 0 saturated carbocycles. The van der Waals surface area contributed by atoms with Gasteiger partial charge in [-0.3, -0.25) is 9.30 Å². The van der Waals surface area contributed by atoms with Gasteiger partial charge in [-0.05, 0) is 43.1 Å². The van der Waals surface area contributed by atoms with Crippen molar-refractivity contribution in [3.63, 3.8) is 0 Å². The second-order valence-electron chi connectivity index (χ2n) is 6.59. The second-order valence-corrected chi connectivity index (χ2v) is 6.59. The number of hydrogen-bond acceptors (Lipinski definition) is 5. The summed E-state index contributed by atoms with van der Waals surface area (Å²) in [5, 5.41) is 0. The lowest BCUT2D eigenvalue weighted by Gasteiger charge is -2.26. The zero-order chi connectivity index (χ0) is 16.6. The first-order valence-electron chi connectivity index (χ1n) is 8.79. The van der Waals surface area contributed by atoms with Crippen LogP contribution in [0.25, 0.3) is 5.78 Å². The second kappa shape index (κ2) is 6.04. The molecule has 6 nitrogen and oxygen atoms in total. The Balaban J connectivity index is 1.40. The molecule has 0 N–H and O–H groups in total. The van der Waals surface area contributed by atoms with E-state index in [1.54, 1.807) is 6.20 Å². The maximum Gasteiger partial charge on any atom is 0.233 e. The zero-order valence-electron chi connectivity index (χ0n) is 14.0. The fourth-order valence-electron chi connectivity index (χ4n) is 3.82. The third-order valence-electron chi connectivity index (χ3n) is 4.97. The summed E-state index contributed by atoms with van der Waals surface area (Å²) in [5.41, 5.74) is 2.35. The largest absolute Gasteiger partial charge is 0.486 e. The van der Waals surface area contributed by atoms with Crippen LogP contribution < -0.4 is 9.47 Å². The molecule has 0 amide bonds. The fraction of sp³-hybridized carbons (Fsp3) is 0.368. The van der Waals surface area contributed by atoms with E-state index >= 15 is 0 Å². The Kier molecular flexibility index (Phi) is 3.56. The molecule has 25 heavy (non-hydrogen) atoms. The summed E-state index contributed by atoms with van der Waals surface area (Å²) in [4.78, 5) is 11.4. The van der Waals surface area contributed by atoms with E-state index in [1.807, 2.05) is 22.7 Å². The molecule has 2 aromatic heterocycles. The first kappa shape index (κ1) is 14.7. The smallest absolute Gasteiger partial charge is 0.233 e. The van der Waals surface area contributed by atoms with Crippen molar-refractivity contribution in [3.05, 3.63) is 54.1 Å². The highest BCUT2D eigenvalue weighted by Crippen LogP contribution is 2.38. The molecular formula is C19H20N4O2. The van der Waals surface area contributed by atoms with Crippen LogP contribution >= 0.6 is 0 Å². The van der Waals surface area contributed by atoms with E-state index in [2.05, 4.69) is 33.2 Å². The number of ether oxygens (including phenoxy) is 2. The Labute approximate surface area is 146 Å². The van der Waals surface area contributed by atoms with Crippen LogP contribution in [0.3, 0.4) is 0 Å². The van der Waals surface area contributed by atoms with E-state index in [0.717, 1.165) is 42.5 Å². The predicted octanol–water partition coefficient (Wildman–Crippen LogP) is 2.84. The van der Waals surface area contributed by atoms with Gasteiger partial charge in [-0.15, -0.1) is 0 Å². The molecule has 1 saturated heterocycles. The molecule has 0 spiro atoms. The Morgan fingerprint density at radius 2 is 2.08 bits per heavy atom. The number of nitrogens with zero attached hydrogens (tertiary/aromatic N) is 4. The van der Waals surface area contributed by atoms with Crippen molar-refractivity contribution in [3.8, 4) is 11.5 Å². The number of likely N-dealkylation sites (tertiary alicyclic amines) is 1. The Morgan fingerprint density at radius 1 is 1.16 bits per heavy atom. The number of hydrogen-bond donors (Lipinski definition) is 0. The van der Waals surface area contributed by atoms with Crippen LogP contribution in [0.1, 0.15) is 30.1 Å². The van der Waals surface area contributed by atoms with Crippen LogP contribution in [0.2, 0.25) is 0 Å². The van der Waals surface area contributed by atoms with Crippen molar-refractivity contribution in [2.45, 2.75) is 25.4 Å². The van der Waals surface area contributed by atoms with Crippen molar-refractivity contribution in [2.24, 2.45) is 0 Å². The number of aromatic nitrogens is 3. The summed E-state index contributed by atoms with van der Waals surface area (Å²) in [5.74, 6) is 2.48. The van der Waals surface area contributed by atoms with E-state index in [-0.39, 0.29) is 0 Å². The number of imidazole rings is 1. The fourth-order valence-corrected chi connectivity index (χ4v) is 3.82. The summed E-state index contributed by atoms with van der Waals surface area (Å²) >= 11 is 0. The predicted molar refractivity (Wildman–Crippen MR) is 92.8 cm³/mol. The topological polar surface area (TPSA) is 51.9 Å². The molecular weight excluding hydrogens is 316 g/mol. The molecule has 3 aromatic rings. The van der Waals surface area contributed by atoms with Gasteiger partial charge in [0.25, 0.3) is 0 Å². The maximum absolute atomic E-state index is 5.75. The van der Waals surface area contributed by atoms with Crippen molar-refractivity contribution in [1.82, 2.24) is 19.3 Å². The molecule has 1 fully saturated rings. The molecule has 0 radical (unpaired) electrons. The lowest BCUT2D eigenvalue weighted by molar-refractivity contribution is 0.170. The van der Waals surface area contributed by atoms with Gasteiger partial charge in [-0.2, -0.15) is 0 Å². The molecule has 1 atom stereocenters. The quantitative estimate of drug-likeness (QED) is 0.736. The van der Waals surface area contributed by atoms with Crippen LogP contribution in [0.5, 0.6) is 11.5 Å². The van der Waals surface area contributed by atoms with Crippen LogP contribution in [-0.2, 0) is 6.54 Å². The monoisotopic (exact) mass is 336 g/mol. The van der Waals surface area contributed by atoms with Crippen LogP contribution in [0.15, 0.2) is 42.9 Å². The van der Waals surface area contributed by atoms with Crippen molar-refractivity contribution in [2.75, 3.05) is 19.8 Å². The van der Waals surface area contributed by atoms with Gasteiger partial charge in [0.1, 0.15) is 13.2 Å².